The third kappa shape index (κ3) is 4.54. The molecule has 0 unspecified atom stereocenters. The Hall–Kier alpha value is -1.52. The summed E-state index contributed by atoms with van der Waals surface area (Å²) in [5, 5.41) is 14.6. The van der Waals surface area contributed by atoms with E-state index in [9.17, 15) is 9.59 Å². The van der Waals surface area contributed by atoms with Crippen molar-refractivity contribution in [2.75, 3.05) is 6.54 Å². The number of allylic oxidation sites excluding steroid dienone is 1. The average Bonchev–Trinajstić information content (AvgIpc) is 2.88. The fourth-order valence-electron chi connectivity index (χ4n) is 3.04. The molecule has 20 heavy (non-hydrogen) atoms. The maximum Gasteiger partial charge on any atom is 0.315 e. The first-order valence-corrected chi connectivity index (χ1v) is 7.60. The summed E-state index contributed by atoms with van der Waals surface area (Å²) in [5.41, 5.74) is 1.45. The minimum absolute atomic E-state index is 0.00463. The van der Waals surface area contributed by atoms with Crippen molar-refractivity contribution < 1.29 is 14.7 Å². The second-order valence-electron chi connectivity index (χ2n) is 5.80. The van der Waals surface area contributed by atoms with Gasteiger partial charge in [0.25, 0.3) is 0 Å². The molecule has 0 spiro atoms. The molecule has 0 bridgehead atoms. The first-order chi connectivity index (χ1) is 9.65. The van der Waals surface area contributed by atoms with Crippen LogP contribution >= 0.6 is 0 Å². The molecule has 0 aromatic carbocycles. The highest BCUT2D eigenvalue weighted by Gasteiger charge is 2.30. The van der Waals surface area contributed by atoms with Crippen LogP contribution in [-0.2, 0) is 4.79 Å². The maximum atomic E-state index is 11.7. The van der Waals surface area contributed by atoms with Crippen LogP contribution in [-0.4, -0.2) is 29.7 Å². The molecule has 0 radical (unpaired) electrons. The van der Waals surface area contributed by atoms with Gasteiger partial charge in [-0.05, 0) is 51.4 Å². The van der Waals surface area contributed by atoms with Gasteiger partial charge in [-0.25, -0.2) is 4.79 Å². The number of hydrogen-bond donors (Lipinski definition) is 3. The van der Waals surface area contributed by atoms with Crippen molar-refractivity contribution in [3.8, 4) is 0 Å². The van der Waals surface area contributed by atoms with E-state index in [0.29, 0.717) is 19.4 Å². The van der Waals surface area contributed by atoms with Gasteiger partial charge in [0.05, 0.1) is 5.92 Å². The summed E-state index contributed by atoms with van der Waals surface area (Å²) in [7, 11) is 0. The van der Waals surface area contributed by atoms with Crippen molar-refractivity contribution in [2.24, 2.45) is 5.92 Å². The molecule has 0 aromatic heterocycles. The summed E-state index contributed by atoms with van der Waals surface area (Å²) in [6.45, 7) is 0.659. The third-order valence-electron chi connectivity index (χ3n) is 4.23. The van der Waals surface area contributed by atoms with Crippen LogP contribution in [0.2, 0.25) is 0 Å². The molecule has 2 atom stereocenters. The second-order valence-corrected chi connectivity index (χ2v) is 5.80. The number of nitrogens with one attached hydrogen (secondary N) is 2. The summed E-state index contributed by atoms with van der Waals surface area (Å²) in [4.78, 5) is 22.6. The van der Waals surface area contributed by atoms with Gasteiger partial charge < -0.3 is 15.7 Å². The average molecular weight is 280 g/mol. The van der Waals surface area contributed by atoms with Gasteiger partial charge in [0.15, 0.2) is 0 Å². The number of rotatable bonds is 5. The Kier molecular flexibility index (Phi) is 5.44. The van der Waals surface area contributed by atoms with Gasteiger partial charge in [-0.2, -0.15) is 0 Å². The Morgan fingerprint density at radius 1 is 1.30 bits per heavy atom. The normalized spacial score (nSPS) is 25.9. The Labute approximate surface area is 119 Å². The number of carbonyl (C=O) groups excluding carboxylic acids is 1. The summed E-state index contributed by atoms with van der Waals surface area (Å²) < 4.78 is 0. The zero-order valence-corrected chi connectivity index (χ0v) is 11.9. The number of carboxylic acid groups (broad SMARTS) is 1. The van der Waals surface area contributed by atoms with E-state index in [1.807, 2.05) is 0 Å². The number of carboxylic acids is 1. The highest BCUT2D eigenvalue weighted by Crippen LogP contribution is 2.25. The molecule has 5 nitrogen and oxygen atoms in total. The molecule has 0 heterocycles. The molecule has 5 heteroatoms. The van der Waals surface area contributed by atoms with E-state index in [1.165, 1.54) is 24.8 Å². The minimum Gasteiger partial charge on any atom is -0.481 e. The van der Waals surface area contributed by atoms with Crippen LogP contribution in [0.25, 0.3) is 0 Å². The van der Waals surface area contributed by atoms with Gasteiger partial charge in [0.1, 0.15) is 0 Å². The highest BCUT2D eigenvalue weighted by molar-refractivity contribution is 5.75. The smallest absolute Gasteiger partial charge is 0.315 e. The Balaban J connectivity index is 1.61. The van der Waals surface area contributed by atoms with E-state index in [1.54, 1.807) is 0 Å². The quantitative estimate of drug-likeness (QED) is 0.677. The fraction of sp³-hybridized carbons (Fsp3) is 0.733. The van der Waals surface area contributed by atoms with Crippen LogP contribution in [0.15, 0.2) is 11.6 Å². The predicted molar refractivity (Wildman–Crippen MR) is 76.5 cm³/mol. The van der Waals surface area contributed by atoms with Crippen LogP contribution in [0.3, 0.4) is 0 Å². The Morgan fingerprint density at radius 2 is 2.15 bits per heavy atom. The lowest BCUT2D eigenvalue weighted by molar-refractivity contribution is -0.141. The maximum absolute atomic E-state index is 11.7. The summed E-state index contributed by atoms with van der Waals surface area (Å²) >= 11 is 0. The van der Waals surface area contributed by atoms with Gasteiger partial charge in [-0.15, -0.1) is 0 Å². The van der Waals surface area contributed by atoms with Crippen LogP contribution in [0.4, 0.5) is 4.79 Å². The van der Waals surface area contributed by atoms with E-state index in [2.05, 4.69) is 16.7 Å². The number of aliphatic carboxylic acids is 1. The summed E-state index contributed by atoms with van der Waals surface area (Å²) in [6.07, 6.45) is 10.1. The number of urea groups is 1. The highest BCUT2D eigenvalue weighted by atomic mass is 16.4. The van der Waals surface area contributed by atoms with Crippen molar-refractivity contribution in [1.82, 2.24) is 10.6 Å². The molecule has 0 saturated heterocycles. The first-order valence-electron chi connectivity index (χ1n) is 7.60. The van der Waals surface area contributed by atoms with Gasteiger partial charge in [-0.1, -0.05) is 11.6 Å². The standard InChI is InChI=1S/C15H24N2O3/c18-14(19)12-6-7-13(10-12)17-15(20)16-9-8-11-4-2-1-3-5-11/h4,12-13H,1-3,5-10H2,(H,18,19)(H2,16,17,20)/t12-,13+/m1/s1. The molecule has 0 aromatic rings. The second kappa shape index (κ2) is 7.31. The fourth-order valence-corrected chi connectivity index (χ4v) is 3.04. The number of amides is 2. The van der Waals surface area contributed by atoms with Gasteiger partial charge in [0, 0.05) is 12.6 Å². The van der Waals surface area contributed by atoms with E-state index in [0.717, 1.165) is 19.3 Å². The van der Waals surface area contributed by atoms with Crippen molar-refractivity contribution in [1.29, 1.82) is 0 Å². The molecular formula is C15H24N2O3. The molecular weight excluding hydrogens is 256 g/mol. The lowest BCUT2D eigenvalue weighted by atomic mass is 9.97. The topological polar surface area (TPSA) is 78.4 Å². The zero-order valence-electron chi connectivity index (χ0n) is 11.9. The Morgan fingerprint density at radius 3 is 2.80 bits per heavy atom. The molecule has 2 aliphatic rings. The van der Waals surface area contributed by atoms with Crippen LogP contribution in [0.1, 0.15) is 51.4 Å². The molecule has 3 N–H and O–H groups in total. The zero-order chi connectivity index (χ0) is 14.4. The number of carbonyl (C=O) groups is 2. The monoisotopic (exact) mass is 280 g/mol. The largest absolute Gasteiger partial charge is 0.481 e. The molecule has 0 aliphatic heterocycles. The first kappa shape index (κ1) is 14.9. The molecule has 2 aliphatic carbocycles. The van der Waals surface area contributed by atoms with Crippen LogP contribution < -0.4 is 10.6 Å². The van der Waals surface area contributed by atoms with Gasteiger partial charge >= 0.3 is 12.0 Å². The van der Waals surface area contributed by atoms with Crippen molar-refractivity contribution >= 4 is 12.0 Å². The summed E-state index contributed by atoms with van der Waals surface area (Å²) in [6, 6.07) is -0.164. The van der Waals surface area contributed by atoms with E-state index in [4.69, 9.17) is 5.11 Å². The lowest BCUT2D eigenvalue weighted by Crippen LogP contribution is -2.41. The Bertz CT molecular complexity index is 393. The molecule has 1 saturated carbocycles. The van der Waals surface area contributed by atoms with E-state index < -0.39 is 5.97 Å². The van der Waals surface area contributed by atoms with Crippen LogP contribution in [0.5, 0.6) is 0 Å². The van der Waals surface area contributed by atoms with Crippen molar-refractivity contribution in [3.05, 3.63) is 11.6 Å². The number of hydrogen-bond acceptors (Lipinski definition) is 2. The van der Waals surface area contributed by atoms with Crippen LogP contribution in [0, 0.1) is 5.92 Å². The van der Waals surface area contributed by atoms with Gasteiger partial charge in [-0.3, -0.25) is 4.79 Å². The molecule has 1 fully saturated rings. The lowest BCUT2D eigenvalue weighted by Gasteiger charge is -2.15. The van der Waals surface area contributed by atoms with Crippen molar-refractivity contribution in [2.45, 2.75) is 57.4 Å². The SMILES string of the molecule is O=C(NCCC1=CCCCC1)N[C@H]1CC[C@@H](C(=O)O)C1. The van der Waals surface area contributed by atoms with E-state index in [-0.39, 0.29) is 18.0 Å². The predicted octanol–water partition coefficient (Wildman–Crippen LogP) is 2.43. The van der Waals surface area contributed by atoms with Gasteiger partial charge in [0.2, 0.25) is 0 Å². The third-order valence-corrected chi connectivity index (χ3v) is 4.23. The molecule has 2 amide bonds. The minimum atomic E-state index is -0.751. The molecule has 112 valence electrons. The van der Waals surface area contributed by atoms with E-state index >= 15 is 0 Å². The summed E-state index contributed by atoms with van der Waals surface area (Å²) in [5.74, 6) is -1.05. The molecule has 2 rings (SSSR count). The van der Waals surface area contributed by atoms with Crippen molar-refractivity contribution in [3.63, 3.8) is 0 Å².